The Kier molecular flexibility index (Phi) is 6.69. The molecule has 1 aromatic carbocycles. The van der Waals surface area contributed by atoms with E-state index in [1.54, 1.807) is 4.90 Å². The second-order valence-corrected chi connectivity index (χ2v) is 8.94. The molecular weight excluding hydrogens is 350 g/mol. The van der Waals surface area contributed by atoms with E-state index in [1.807, 2.05) is 33.8 Å². The molecule has 7 heteroatoms. The maximum atomic E-state index is 13.2. The number of nitrogens with one attached hydrogen (secondary N) is 1. The molecule has 1 saturated heterocycles. The van der Waals surface area contributed by atoms with Crippen LogP contribution in [0.4, 0.5) is 4.79 Å². The molecule has 1 aromatic rings. The average Bonchev–Trinajstić information content (AvgIpc) is 2.60. The maximum absolute atomic E-state index is 13.2. The smallest absolute Gasteiger partial charge is 0.317 e. The van der Waals surface area contributed by atoms with Gasteiger partial charge in [-0.2, -0.15) is 4.31 Å². The van der Waals surface area contributed by atoms with Crippen LogP contribution in [0.3, 0.4) is 0 Å². The molecule has 6 nitrogen and oxygen atoms in total. The van der Waals surface area contributed by atoms with Crippen LogP contribution >= 0.6 is 0 Å². The number of sulfonamides is 1. The molecule has 0 saturated carbocycles. The number of carbonyl (C=O) groups is 1. The zero-order valence-electron chi connectivity index (χ0n) is 16.6. The van der Waals surface area contributed by atoms with Crippen molar-refractivity contribution < 1.29 is 13.2 Å². The molecule has 0 atom stereocenters. The van der Waals surface area contributed by atoms with Crippen LogP contribution < -0.4 is 5.32 Å². The highest BCUT2D eigenvalue weighted by Gasteiger charge is 2.32. The minimum absolute atomic E-state index is 0.103. The van der Waals surface area contributed by atoms with Crippen LogP contribution in [0.25, 0.3) is 0 Å². The van der Waals surface area contributed by atoms with E-state index >= 15 is 0 Å². The van der Waals surface area contributed by atoms with Gasteiger partial charge in [-0.25, -0.2) is 13.2 Å². The lowest BCUT2D eigenvalue weighted by atomic mass is 10.0. The van der Waals surface area contributed by atoms with E-state index in [9.17, 15) is 13.2 Å². The van der Waals surface area contributed by atoms with Crippen LogP contribution in [0.1, 0.15) is 42.0 Å². The van der Waals surface area contributed by atoms with Gasteiger partial charge in [-0.15, -0.1) is 0 Å². The van der Waals surface area contributed by atoms with Gasteiger partial charge in [0.05, 0.1) is 4.90 Å². The molecule has 0 spiro atoms. The lowest BCUT2D eigenvalue weighted by molar-refractivity contribution is 0.172. The lowest BCUT2D eigenvalue weighted by Crippen LogP contribution is -2.53. The normalized spacial score (nSPS) is 16.0. The Morgan fingerprint density at radius 1 is 1.04 bits per heavy atom. The van der Waals surface area contributed by atoms with E-state index in [0.717, 1.165) is 35.1 Å². The van der Waals surface area contributed by atoms with Gasteiger partial charge >= 0.3 is 6.03 Å². The first-order valence-corrected chi connectivity index (χ1v) is 10.7. The molecule has 2 rings (SSSR count). The largest absolute Gasteiger partial charge is 0.338 e. The number of urea groups is 1. The number of hydrogen-bond acceptors (Lipinski definition) is 3. The lowest BCUT2D eigenvalue weighted by Gasteiger charge is -2.34. The summed E-state index contributed by atoms with van der Waals surface area (Å²) in [7, 11) is -3.56. The molecule has 1 aliphatic heterocycles. The van der Waals surface area contributed by atoms with Crippen molar-refractivity contribution in [2.75, 3.05) is 32.7 Å². The van der Waals surface area contributed by atoms with Crippen LogP contribution in [-0.2, 0) is 10.0 Å². The van der Waals surface area contributed by atoms with Gasteiger partial charge < -0.3 is 10.2 Å². The molecule has 26 heavy (non-hydrogen) atoms. The van der Waals surface area contributed by atoms with Crippen LogP contribution in [0.5, 0.6) is 0 Å². The molecule has 146 valence electrons. The monoisotopic (exact) mass is 381 g/mol. The molecule has 0 bridgehead atoms. The van der Waals surface area contributed by atoms with E-state index < -0.39 is 10.0 Å². The number of aryl methyl sites for hydroxylation is 2. The fraction of sp³-hybridized carbons (Fsp3) is 0.632. The molecule has 2 amide bonds. The summed E-state index contributed by atoms with van der Waals surface area (Å²) in [4.78, 5) is 14.3. The predicted octanol–water partition coefficient (Wildman–Crippen LogP) is 2.74. The first-order valence-electron chi connectivity index (χ1n) is 9.30. The molecule has 1 aliphatic rings. The third-order valence-corrected chi connectivity index (χ3v) is 7.40. The van der Waals surface area contributed by atoms with E-state index in [4.69, 9.17) is 0 Å². The summed E-state index contributed by atoms with van der Waals surface area (Å²) >= 11 is 0. The molecule has 1 N–H and O–H groups in total. The summed E-state index contributed by atoms with van der Waals surface area (Å²) in [6, 6.07) is 1.93. The van der Waals surface area contributed by atoms with Crippen molar-refractivity contribution in [3.05, 3.63) is 28.3 Å². The second kappa shape index (κ2) is 8.39. The molecule has 1 fully saturated rings. The summed E-state index contributed by atoms with van der Waals surface area (Å²) in [5.41, 5.74) is 3.60. The van der Waals surface area contributed by atoms with Crippen molar-refractivity contribution in [3.63, 3.8) is 0 Å². The molecular formula is C19H31N3O3S. The quantitative estimate of drug-likeness (QED) is 0.798. The maximum Gasteiger partial charge on any atom is 0.317 e. The Hall–Kier alpha value is -1.60. The molecule has 1 heterocycles. The highest BCUT2D eigenvalue weighted by Crippen LogP contribution is 2.29. The van der Waals surface area contributed by atoms with E-state index in [1.165, 1.54) is 4.31 Å². The number of nitrogens with zero attached hydrogens (tertiary/aromatic N) is 2. The number of unbranched alkanes of at least 4 members (excludes halogenated alkanes) is 1. The molecule has 0 aliphatic carbocycles. The highest BCUT2D eigenvalue weighted by atomic mass is 32.2. The fourth-order valence-electron chi connectivity index (χ4n) is 3.31. The summed E-state index contributed by atoms with van der Waals surface area (Å²) in [6.45, 7) is 11.9. The van der Waals surface area contributed by atoms with Gasteiger partial charge in [-0.3, -0.25) is 0 Å². The number of piperazine rings is 1. The van der Waals surface area contributed by atoms with Crippen LogP contribution in [0, 0.1) is 27.7 Å². The van der Waals surface area contributed by atoms with Crippen molar-refractivity contribution in [1.29, 1.82) is 0 Å². The SMILES string of the molecule is CCCCNC(=O)N1CCN(S(=O)(=O)c2c(C)c(C)cc(C)c2C)CC1. The first kappa shape index (κ1) is 20.7. The van der Waals surface area contributed by atoms with Gasteiger partial charge in [-0.1, -0.05) is 19.4 Å². The summed E-state index contributed by atoms with van der Waals surface area (Å²) in [6.07, 6.45) is 1.98. The van der Waals surface area contributed by atoms with Gasteiger partial charge in [0.15, 0.2) is 0 Å². The second-order valence-electron chi connectivity index (χ2n) is 7.07. The Morgan fingerprint density at radius 3 is 2.08 bits per heavy atom. The first-order chi connectivity index (χ1) is 12.2. The summed E-state index contributed by atoms with van der Waals surface area (Å²) < 4.78 is 28.0. The van der Waals surface area contributed by atoms with Crippen molar-refractivity contribution in [1.82, 2.24) is 14.5 Å². The summed E-state index contributed by atoms with van der Waals surface area (Å²) in [5, 5.41) is 2.89. The zero-order valence-corrected chi connectivity index (χ0v) is 17.4. The van der Waals surface area contributed by atoms with Gasteiger partial charge in [0.25, 0.3) is 0 Å². The number of benzene rings is 1. The average molecular weight is 382 g/mol. The van der Waals surface area contributed by atoms with E-state index in [0.29, 0.717) is 37.6 Å². The number of carbonyl (C=O) groups excluding carboxylic acids is 1. The minimum atomic E-state index is -3.56. The van der Waals surface area contributed by atoms with Crippen molar-refractivity contribution in [2.24, 2.45) is 0 Å². The minimum Gasteiger partial charge on any atom is -0.338 e. The van der Waals surface area contributed by atoms with Crippen LogP contribution in [-0.4, -0.2) is 56.4 Å². The van der Waals surface area contributed by atoms with Crippen molar-refractivity contribution in [3.8, 4) is 0 Å². The third kappa shape index (κ3) is 4.20. The van der Waals surface area contributed by atoms with Crippen LogP contribution in [0.2, 0.25) is 0 Å². The number of hydrogen-bond donors (Lipinski definition) is 1. The molecule has 0 unspecified atom stereocenters. The Bertz CT molecular complexity index is 740. The standard InChI is InChI=1S/C19H31N3O3S/c1-6-7-8-20-19(23)21-9-11-22(12-10-21)26(24,25)18-16(4)14(2)13-15(3)17(18)5/h13H,6-12H2,1-5H3,(H,20,23). The molecule has 0 aromatic heterocycles. The Morgan fingerprint density at radius 2 is 1.58 bits per heavy atom. The van der Waals surface area contributed by atoms with Gasteiger partial charge in [0, 0.05) is 32.7 Å². The van der Waals surface area contributed by atoms with E-state index in [2.05, 4.69) is 12.2 Å². The van der Waals surface area contributed by atoms with Crippen molar-refractivity contribution in [2.45, 2.75) is 52.4 Å². The zero-order chi connectivity index (χ0) is 19.5. The third-order valence-electron chi connectivity index (χ3n) is 5.23. The van der Waals surface area contributed by atoms with Crippen molar-refractivity contribution >= 4 is 16.1 Å². The predicted molar refractivity (Wildman–Crippen MR) is 104 cm³/mol. The van der Waals surface area contributed by atoms with E-state index in [-0.39, 0.29) is 6.03 Å². The molecule has 0 radical (unpaired) electrons. The topological polar surface area (TPSA) is 69.7 Å². The Balaban J connectivity index is 2.13. The van der Waals surface area contributed by atoms with Gasteiger partial charge in [-0.05, 0) is 56.4 Å². The summed E-state index contributed by atoms with van der Waals surface area (Å²) in [5.74, 6) is 0. The fourth-order valence-corrected chi connectivity index (χ4v) is 5.31. The van der Waals surface area contributed by atoms with Gasteiger partial charge in [0.2, 0.25) is 10.0 Å². The Labute approximate surface area is 157 Å². The number of rotatable bonds is 5. The number of amides is 2. The van der Waals surface area contributed by atoms with Gasteiger partial charge in [0.1, 0.15) is 0 Å². The van der Waals surface area contributed by atoms with Crippen LogP contribution in [0.15, 0.2) is 11.0 Å². The highest BCUT2D eigenvalue weighted by molar-refractivity contribution is 7.89.